The molecule has 0 aromatic heterocycles. The molecule has 3 aromatic carbocycles. The van der Waals surface area contributed by atoms with Gasteiger partial charge in [0, 0.05) is 79.3 Å². The Bertz CT molecular complexity index is 1930. The molecule has 11 heteroatoms. The molecule has 4 fully saturated rings. The normalized spacial score (nSPS) is 25.2. The van der Waals surface area contributed by atoms with Gasteiger partial charge in [0.15, 0.2) is 0 Å². The van der Waals surface area contributed by atoms with Crippen LogP contribution in [0.1, 0.15) is 90.8 Å². The third kappa shape index (κ3) is 7.34. The zero-order chi connectivity index (χ0) is 39.3. The first-order valence-electron chi connectivity index (χ1n) is 19.4. The number of carbonyl (C=O) groups excluding carboxylic acids is 1. The number of carboxylic acid groups (broad SMARTS) is 1. The molecule has 2 N–H and O–H groups in total. The molecule has 292 valence electrons. The molecule has 2 aliphatic heterocycles. The summed E-state index contributed by atoms with van der Waals surface area (Å²) in [4.78, 5) is 30.0. The monoisotopic (exact) mass is 750 g/mol. The summed E-state index contributed by atoms with van der Waals surface area (Å²) >= 11 is 0. The van der Waals surface area contributed by atoms with E-state index in [1.807, 2.05) is 38.1 Å². The van der Waals surface area contributed by atoms with Crippen LogP contribution in [0.3, 0.4) is 0 Å². The molecule has 1 amide bonds. The molecule has 0 atom stereocenters. The smallest absolute Gasteiger partial charge is 0.339 e. The Kier molecular flexibility index (Phi) is 10.3. The van der Waals surface area contributed by atoms with Crippen LogP contribution in [0.5, 0.6) is 17.2 Å². The van der Waals surface area contributed by atoms with E-state index < -0.39 is 5.97 Å². The molecule has 11 nitrogen and oxygen atoms in total. The largest absolute Gasteiger partial charge is 0.496 e. The predicted molar refractivity (Wildman–Crippen MR) is 209 cm³/mol. The number of nitrogens with one attached hydrogen (secondary N) is 1. The molecule has 4 aliphatic rings. The minimum atomic E-state index is -1.02. The van der Waals surface area contributed by atoms with Gasteiger partial charge in [-0.1, -0.05) is 27.7 Å². The average molecular weight is 751 g/mol. The molecule has 3 aromatic rings. The number of piperidine rings is 1. The van der Waals surface area contributed by atoms with E-state index in [1.54, 1.807) is 12.1 Å². The van der Waals surface area contributed by atoms with Crippen molar-refractivity contribution in [1.82, 2.24) is 10.2 Å². The van der Waals surface area contributed by atoms with Gasteiger partial charge in [-0.3, -0.25) is 9.69 Å². The minimum Gasteiger partial charge on any atom is -0.496 e. The molecule has 2 saturated carbocycles. The third-order valence-electron chi connectivity index (χ3n) is 12.7. The lowest BCUT2D eigenvalue weighted by Crippen LogP contribution is -2.74. The second-order valence-corrected chi connectivity index (χ2v) is 17.2. The van der Waals surface area contributed by atoms with Crippen molar-refractivity contribution in [3.63, 3.8) is 0 Å². The fraction of sp³-hybridized carbons (Fsp3) is 0.523. The number of aryl methyl sites for hydroxylation is 2. The molecular formula is C44H54N4O7. The number of amides is 1. The highest BCUT2D eigenvalue weighted by Gasteiger charge is 2.64. The highest BCUT2D eigenvalue weighted by Crippen LogP contribution is 2.55. The molecular weight excluding hydrogens is 697 g/mol. The van der Waals surface area contributed by atoms with Crippen molar-refractivity contribution in [3.05, 3.63) is 82.4 Å². The first-order valence-corrected chi connectivity index (χ1v) is 19.4. The number of anilines is 1. The number of hydrogen-bond acceptors (Lipinski definition) is 9. The average Bonchev–Trinajstić information content (AvgIpc) is 3.14. The van der Waals surface area contributed by atoms with Gasteiger partial charge in [0.25, 0.3) is 5.91 Å². The first kappa shape index (κ1) is 38.5. The van der Waals surface area contributed by atoms with E-state index in [0.29, 0.717) is 28.7 Å². The standard InChI is InChI=1S/C44H54N4O7/c1-27-20-33(21-28(2)36(27)25-45)55-41-42(3,4)40(43(41,5)6)46-38(49)29-8-10-30(11-9-29)47-16-14-44(15-17-47)26-48(18-19-53-44)31-22-34(23-31)54-32-12-13-35(39(50)51)37(24-32)52-7/h8-13,20-21,24,31,34,40-41H,14-19,22-23,26H2,1-7H3,(H,46,49)(H,50,51)/t31-,34-,40-,41-. The number of nitrogens with zero attached hydrogens (tertiary/aromatic N) is 3. The van der Waals surface area contributed by atoms with Crippen molar-refractivity contribution in [2.24, 2.45) is 10.8 Å². The molecule has 0 bridgehead atoms. The van der Waals surface area contributed by atoms with Crippen LogP contribution in [0, 0.1) is 36.0 Å². The highest BCUT2D eigenvalue weighted by molar-refractivity contribution is 5.95. The third-order valence-corrected chi connectivity index (χ3v) is 12.7. The number of aromatic carboxylic acids is 1. The fourth-order valence-corrected chi connectivity index (χ4v) is 9.85. The van der Waals surface area contributed by atoms with Crippen molar-refractivity contribution < 1.29 is 33.6 Å². The van der Waals surface area contributed by atoms with Crippen molar-refractivity contribution in [1.29, 1.82) is 5.26 Å². The van der Waals surface area contributed by atoms with Crippen LogP contribution < -0.4 is 24.4 Å². The topological polar surface area (TPSA) is 134 Å². The number of benzene rings is 3. The Morgan fingerprint density at radius 3 is 2.16 bits per heavy atom. The van der Waals surface area contributed by atoms with Gasteiger partial charge in [-0.15, -0.1) is 0 Å². The first-order chi connectivity index (χ1) is 26.1. The summed E-state index contributed by atoms with van der Waals surface area (Å²) in [5, 5.41) is 22.2. The van der Waals surface area contributed by atoms with E-state index in [2.05, 4.69) is 61.0 Å². The summed E-state index contributed by atoms with van der Waals surface area (Å²) in [6.07, 6.45) is 3.68. The van der Waals surface area contributed by atoms with Gasteiger partial charge >= 0.3 is 5.97 Å². The van der Waals surface area contributed by atoms with E-state index in [1.165, 1.54) is 13.2 Å². The molecule has 2 heterocycles. The second-order valence-electron chi connectivity index (χ2n) is 17.2. The van der Waals surface area contributed by atoms with Crippen LogP contribution in [0.15, 0.2) is 54.6 Å². The van der Waals surface area contributed by atoms with Gasteiger partial charge < -0.3 is 34.3 Å². The number of morpholine rings is 1. The Morgan fingerprint density at radius 2 is 1.56 bits per heavy atom. The fourth-order valence-electron chi connectivity index (χ4n) is 9.85. The van der Waals surface area contributed by atoms with Crippen LogP contribution in [0.2, 0.25) is 0 Å². The number of methoxy groups -OCH3 is 1. The Labute approximate surface area is 324 Å². The second kappa shape index (κ2) is 14.7. The molecule has 2 aliphatic carbocycles. The van der Waals surface area contributed by atoms with E-state index in [0.717, 1.165) is 81.0 Å². The highest BCUT2D eigenvalue weighted by atomic mass is 16.5. The summed E-state index contributed by atoms with van der Waals surface area (Å²) in [7, 11) is 1.46. The van der Waals surface area contributed by atoms with Crippen LogP contribution in [0.4, 0.5) is 5.69 Å². The molecule has 2 saturated heterocycles. The molecule has 55 heavy (non-hydrogen) atoms. The number of nitriles is 1. The molecule has 0 radical (unpaired) electrons. The van der Waals surface area contributed by atoms with Crippen LogP contribution in [0.25, 0.3) is 0 Å². The number of ether oxygens (including phenoxy) is 4. The van der Waals surface area contributed by atoms with Gasteiger partial charge in [0.2, 0.25) is 0 Å². The maximum Gasteiger partial charge on any atom is 0.339 e. The number of rotatable bonds is 10. The summed E-state index contributed by atoms with van der Waals surface area (Å²) < 4.78 is 24.5. The summed E-state index contributed by atoms with van der Waals surface area (Å²) in [6.45, 7) is 16.7. The van der Waals surface area contributed by atoms with Gasteiger partial charge in [-0.05, 0) is 86.3 Å². The Morgan fingerprint density at radius 1 is 0.909 bits per heavy atom. The van der Waals surface area contributed by atoms with Crippen molar-refractivity contribution in [2.75, 3.05) is 44.8 Å². The molecule has 7 rings (SSSR count). The van der Waals surface area contributed by atoms with Crippen molar-refractivity contribution in [3.8, 4) is 23.3 Å². The van der Waals surface area contributed by atoms with Gasteiger partial charge in [-0.25, -0.2) is 4.79 Å². The van der Waals surface area contributed by atoms with Gasteiger partial charge in [-0.2, -0.15) is 5.26 Å². The molecule has 1 spiro atoms. The zero-order valence-corrected chi connectivity index (χ0v) is 33.1. The lowest BCUT2D eigenvalue weighted by molar-refractivity contribution is -0.164. The quantitative estimate of drug-likeness (QED) is 0.229. The lowest BCUT2D eigenvalue weighted by Gasteiger charge is -2.63. The SMILES string of the molecule is COc1cc(O[C@H]2C[C@H](N3CCOC4(CCN(c5ccc(C(=O)N[C@H]6C(C)(C)[C@H](Oc7cc(C)c(C#N)c(C)c7)C6(C)C)cc5)CC4)C3)C2)ccc1C(=O)O. The number of hydrogen-bond donors (Lipinski definition) is 2. The summed E-state index contributed by atoms with van der Waals surface area (Å²) in [5.74, 6) is 0.564. The van der Waals surface area contributed by atoms with Gasteiger partial charge in [0.05, 0.1) is 31.0 Å². The summed E-state index contributed by atoms with van der Waals surface area (Å²) in [5.41, 5.74) is 3.57. The maximum absolute atomic E-state index is 13.6. The van der Waals surface area contributed by atoms with Crippen LogP contribution >= 0.6 is 0 Å². The molecule has 0 unspecified atom stereocenters. The Balaban J connectivity index is 0.892. The minimum absolute atomic E-state index is 0.0857. The maximum atomic E-state index is 13.6. The predicted octanol–water partition coefficient (Wildman–Crippen LogP) is 6.78. The lowest BCUT2D eigenvalue weighted by atomic mass is 9.49. The Hall–Kier alpha value is -4.79. The van der Waals surface area contributed by atoms with Crippen molar-refractivity contribution in [2.45, 2.75) is 97.1 Å². The number of carbonyl (C=O) groups is 2. The van der Waals surface area contributed by atoms with E-state index in [-0.39, 0.29) is 46.2 Å². The van der Waals surface area contributed by atoms with Crippen molar-refractivity contribution >= 4 is 17.6 Å². The van der Waals surface area contributed by atoms with E-state index >= 15 is 0 Å². The zero-order valence-electron chi connectivity index (χ0n) is 33.1. The number of carboxylic acids is 1. The van der Waals surface area contributed by atoms with E-state index in [4.69, 9.17) is 18.9 Å². The van der Waals surface area contributed by atoms with Gasteiger partial charge in [0.1, 0.15) is 35.0 Å². The summed E-state index contributed by atoms with van der Waals surface area (Å²) in [6, 6.07) is 19.3. The van der Waals surface area contributed by atoms with Crippen LogP contribution in [-0.2, 0) is 4.74 Å². The van der Waals surface area contributed by atoms with Crippen LogP contribution in [-0.4, -0.2) is 91.7 Å². The van der Waals surface area contributed by atoms with E-state index in [9.17, 15) is 20.0 Å².